The standard InChI is InChI=1S/C9H21NO2/c1-3-4-9(12)7-10-6-5-8(2)11/h8-12H,3-7H2,1-2H3. The van der Waals surface area contributed by atoms with Crippen LogP contribution in [0.1, 0.15) is 33.1 Å². The molecule has 0 rings (SSSR count). The van der Waals surface area contributed by atoms with Crippen molar-refractivity contribution in [3.8, 4) is 0 Å². The van der Waals surface area contributed by atoms with E-state index in [1.165, 1.54) is 0 Å². The summed E-state index contributed by atoms with van der Waals surface area (Å²) >= 11 is 0. The lowest BCUT2D eigenvalue weighted by atomic mass is 10.2. The summed E-state index contributed by atoms with van der Waals surface area (Å²) in [6.07, 6.45) is 2.13. The molecule has 0 bridgehead atoms. The van der Waals surface area contributed by atoms with Crippen molar-refractivity contribution in [3.05, 3.63) is 0 Å². The van der Waals surface area contributed by atoms with Crippen molar-refractivity contribution >= 4 is 0 Å². The quantitative estimate of drug-likeness (QED) is 0.494. The molecular formula is C9H21NO2. The second kappa shape index (κ2) is 7.53. The minimum atomic E-state index is -0.249. The monoisotopic (exact) mass is 175 g/mol. The van der Waals surface area contributed by atoms with Crippen LogP contribution in [0.5, 0.6) is 0 Å². The van der Waals surface area contributed by atoms with Crippen LogP contribution in [-0.4, -0.2) is 35.5 Å². The van der Waals surface area contributed by atoms with Crippen LogP contribution in [0.4, 0.5) is 0 Å². The van der Waals surface area contributed by atoms with Gasteiger partial charge in [0, 0.05) is 6.54 Å². The Labute approximate surface area is 74.8 Å². The average molecular weight is 175 g/mol. The van der Waals surface area contributed by atoms with Gasteiger partial charge in [-0.3, -0.25) is 0 Å². The van der Waals surface area contributed by atoms with E-state index in [4.69, 9.17) is 5.11 Å². The summed E-state index contributed by atoms with van der Waals surface area (Å²) in [6.45, 7) is 5.24. The van der Waals surface area contributed by atoms with E-state index in [9.17, 15) is 5.11 Å². The Kier molecular flexibility index (Phi) is 7.45. The van der Waals surface area contributed by atoms with Crippen molar-refractivity contribution < 1.29 is 10.2 Å². The number of aliphatic hydroxyl groups excluding tert-OH is 2. The van der Waals surface area contributed by atoms with Gasteiger partial charge in [0.2, 0.25) is 0 Å². The van der Waals surface area contributed by atoms with Gasteiger partial charge in [0.15, 0.2) is 0 Å². The van der Waals surface area contributed by atoms with Gasteiger partial charge < -0.3 is 15.5 Å². The fourth-order valence-corrected chi connectivity index (χ4v) is 1.01. The van der Waals surface area contributed by atoms with Gasteiger partial charge >= 0.3 is 0 Å². The third-order valence-electron chi connectivity index (χ3n) is 1.74. The number of nitrogens with one attached hydrogen (secondary N) is 1. The summed E-state index contributed by atoms with van der Waals surface area (Å²) in [5.41, 5.74) is 0. The summed E-state index contributed by atoms with van der Waals surface area (Å²) < 4.78 is 0. The Hall–Kier alpha value is -0.120. The zero-order chi connectivity index (χ0) is 9.40. The maximum absolute atomic E-state index is 9.29. The van der Waals surface area contributed by atoms with Gasteiger partial charge in [-0.2, -0.15) is 0 Å². The summed E-state index contributed by atoms with van der Waals surface area (Å²) in [5.74, 6) is 0. The van der Waals surface area contributed by atoms with Gasteiger partial charge in [-0.25, -0.2) is 0 Å². The minimum Gasteiger partial charge on any atom is -0.393 e. The number of hydrogen-bond acceptors (Lipinski definition) is 3. The van der Waals surface area contributed by atoms with Gasteiger partial charge in [-0.15, -0.1) is 0 Å². The first-order chi connectivity index (χ1) is 5.66. The lowest BCUT2D eigenvalue weighted by Crippen LogP contribution is -2.28. The molecule has 0 aliphatic carbocycles. The van der Waals surface area contributed by atoms with Crippen molar-refractivity contribution in [3.63, 3.8) is 0 Å². The molecule has 0 saturated carbocycles. The van der Waals surface area contributed by atoms with Crippen LogP contribution in [0.2, 0.25) is 0 Å². The number of hydrogen-bond donors (Lipinski definition) is 3. The van der Waals surface area contributed by atoms with Gasteiger partial charge in [-0.05, 0) is 26.3 Å². The molecule has 2 atom stereocenters. The third kappa shape index (κ3) is 7.98. The predicted molar refractivity (Wildman–Crippen MR) is 50.1 cm³/mol. The molecule has 3 nitrogen and oxygen atoms in total. The first-order valence-electron chi connectivity index (χ1n) is 4.73. The van der Waals surface area contributed by atoms with Gasteiger partial charge in [0.05, 0.1) is 12.2 Å². The SMILES string of the molecule is CCCC(O)CNCCC(C)O. The summed E-state index contributed by atoms with van der Waals surface area (Å²) in [6, 6.07) is 0. The van der Waals surface area contributed by atoms with Crippen LogP contribution >= 0.6 is 0 Å². The van der Waals surface area contributed by atoms with Crippen LogP contribution in [0.3, 0.4) is 0 Å². The molecule has 0 heterocycles. The maximum atomic E-state index is 9.29. The smallest absolute Gasteiger partial charge is 0.0664 e. The second-order valence-corrected chi connectivity index (χ2v) is 3.28. The number of rotatable bonds is 7. The largest absolute Gasteiger partial charge is 0.393 e. The maximum Gasteiger partial charge on any atom is 0.0664 e. The van der Waals surface area contributed by atoms with E-state index in [-0.39, 0.29) is 12.2 Å². The second-order valence-electron chi connectivity index (χ2n) is 3.28. The summed E-state index contributed by atoms with van der Waals surface area (Å²) in [7, 11) is 0. The molecule has 0 aromatic carbocycles. The highest BCUT2D eigenvalue weighted by molar-refractivity contribution is 4.59. The molecule has 0 aromatic heterocycles. The summed E-state index contributed by atoms with van der Waals surface area (Å²) in [5, 5.41) is 21.3. The molecule has 0 aliphatic rings. The van der Waals surface area contributed by atoms with Crippen LogP contribution in [-0.2, 0) is 0 Å². The van der Waals surface area contributed by atoms with E-state index in [2.05, 4.69) is 12.2 Å². The molecule has 0 amide bonds. The molecule has 74 valence electrons. The Morgan fingerprint density at radius 1 is 1.25 bits per heavy atom. The predicted octanol–water partition coefficient (Wildman–Crippen LogP) is 0.508. The molecule has 0 fully saturated rings. The van der Waals surface area contributed by atoms with E-state index in [1.807, 2.05) is 0 Å². The van der Waals surface area contributed by atoms with E-state index < -0.39 is 0 Å². The van der Waals surface area contributed by atoms with Crippen molar-refractivity contribution in [1.82, 2.24) is 5.32 Å². The van der Waals surface area contributed by atoms with E-state index in [0.717, 1.165) is 25.8 Å². The van der Waals surface area contributed by atoms with Gasteiger partial charge in [0.25, 0.3) is 0 Å². The topological polar surface area (TPSA) is 52.5 Å². The molecule has 0 aromatic rings. The lowest BCUT2D eigenvalue weighted by Gasteiger charge is -2.10. The van der Waals surface area contributed by atoms with Crippen LogP contribution in [0, 0.1) is 0 Å². The zero-order valence-corrected chi connectivity index (χ0v) is 8.08. The van der Waals surface area contributed by atoms with Crippen LogP contribution in [0.15, 0.2) is 0 Å². The Morgan fingerprint density at radius 3 is 2.42 bits per heavy atom. The Morgan fingerprint density at radius 2 is 1.92 bits per heavy atom. The third-order valence-corrected chi connectivity index (χ3v) is 1.74. The molecule has 0 radical (unpaired) electrons. The lowest BCUT2D eigenvalue weighted by molar-refractivity contribution is 0.153. The Balaban J connectivity index is 3.08. The average Bonchev–Trinajstić information content (AvgIpc) is 1.98. The molecule has 12 heavy (non-hydrogen) atoms. The van der Waals surface area contributed by atoms with Crippen LogP contribution in [0.25, 0.3) is 0 Å². The zero-order valence-electron chi connectivity index (χ0n) is 8.08. The number of aliphatic hydroxyl groups is 2. The molecule has 2 unspecified atom stereocenters. The molecule has 3 N–H and O–H groups in total. The first-order valence-corrected chi connectivity index (χ1v) is 4.73. The fraction of sp³-hybridized carbons (Fsp3) is 1.00. The molecule has 0 aliphatic heterocycles. The van der Waals surface area contributed by atoms with Crippen molar-refractivity contribution in [2.24, 2.45) is 0 Å². The Bertz CT molecular complexity index is 96.5. The molecule has 0 saturated heterocycles. The van der Waals surface area contributed by atoms with Gasteiger partial charge in [0.1, 0.15) is 0 Å². The highest BCUT2D eigenvalue weighted by Gasteiger charge is 2.01. The minimum absolute atomic E-state index is 0.232. The van der Waals surface area contributed by atoms with Crippen LogP contribution < -0.4 is 5.32 Å². The highest BCUT2D eigenvalue weighted by atomic mass is 16.3. The first kappa shape index (κ1) is 11.9. The molecule has 3 heteroatoms. The van der Waals surface area contributed by atoms with Crippen molar-refractivity contribution in [2.45, 2.75) is 45.3 Å². The normalized spacial score (nSPS) is 16.0. The molecular weight excluding hydrogens is 154 g/mol. The van der Waals surface area contributed by atoms with E-state index in [0.29, 0.717) is 6.54 Å². The summed E-state index contributed by atoms with van der Waals surface area (Å²) in [4.78, 5) is 0. The van der Waals surface area contributed by atoms with E-state index >= 15 is 0 Å². The fourth-order valence-electron chi connectivity index (χ4n) is 1.01. The highest BCUT2D eigenvalue weighted by Crippen LogP contribution is 1.94. The van der Waals surface area contributed by atoms with Gasteiger partial charge in [-0.1, -0.05) is 13.3 Å². The van der Waals surface area contributed by atoms with Crippen molar-refractivity contribution in [1.29, 1.82) is 0 Å². The molecule has 0 spiro atoms. The van der Waals surface area contributed by atoms with Crippen molar-refractivity contribution in [2.75, 3.05) is 13.1 Å². The van der Waals surface area contributed by atoms with E-state index in [1.54, 1.807) is 6.92 Å².